The van der Waals surface area contributed by atoms with E-state index in [1.807, 2.05) is 12.1 Å². The molecule has 100 valence electrons. The first-order valence-electron chi connectivity index (χ1n) is 6.25. The molecule has 0 atom stereocenters. The van der Waals surface area contributed by atoms with Gasteiger partial charge in [0, 0.05) is 32.4 Å². The second-order valence-corrected chi connectivity index (χ2v) is 4.15. The number of hydrogen-bond donors (Lipinski definition) is 1. The zero-order valence-corrected chi connectivity index (χ0v) is 11.4. The molecule has 1 amide bonds. The number of ether oxygens (including phenoxy) is 1. The van der Waals surface area contributed by atoms with Crippen molar-refractivity contribution in [3.8, 4) is 0 Å². The average Bonchev–Trinajstić information content (AvgIpc) is 2.36. The van der Waals surface area contributed by atoms with E-state index in [0.29, 0.717) is 6.54 Å². The lowest BCUT2D eigenvalue weighted by Crippen LogP contribution is -2.36. The molecular weight excluding hydrogens is 228 g/mol. The lowest BCUT2D eigenvalue weighted by molar-refractivity contribution is -0.124. The van der Waals surface area contributed by atoms with Gasteiger partial charge in [-0.2, -0.15) is 0 Å². The second kappa shape index (κ2) is 7.71. The number of nitrogens with one attached hydrogen (secondary N) is 1. The molecule has 0 aliphatic heterocycles. The number of methoxy groups -OCH3 is 1. The molecule has 0 spiro atoms. The molecule has 1 N–H and O–H groups in total. The van der Waals surface area contributed by atoms with Gasteiger partial charge in [-0.3, -0.25) is 4.79 Å². The monoisotopic (exact) mass is 250 g/mol. The van der Waals surface area contributed by atoms with Gasteiger partial charge >= 0.3 is 0 Å². The van der Waals surface area contributed by atoms with Crippen molar-refractivity contribution in [3.05, 3.63) is 29.8 Å². The zero-order chi connectivity index (χ0) is 13.4. The van der Waals surface area contributed by atoms with Crippen LogP contribution in [0.1, 0.15) is 12.5 Å². The smallest absolute Gasteiger partial charge is 0.246 e. The average molecular weight is 250 g/mol. The van der Waals surface area contributed by atoms with Gasteiger partial charge in [-0.25, -0.2) is 0 Å². The van der Waals surface area contributed by atoms with Crippen LogP contribution in [0.5, 0.6) is 0 Å². The van der Waals surface area contributed by atoms with Crippen LogP contribution in [0.25, 0.3) is 0 Å². The van der Waals surface area contributed by atoms with Crippen molar-refractivity contribution >= 4 is 11.6 Å². The van der Waals surface area contributed by atoms with Gasteiger partial charge in [0.25, 0.3) is 0 Å². The highest BCUT2D eigenvalue weighted by Crippen LogP contribution is 2.18. The first kappa shape index (κ1) is 14.5. The molecule has 0 saturated heterocycles. The third-order valence-electron chi connectivity index (χ3n) is 2.82. The van der Waals surface area contributed by atoms with Crippen LogP contribution in [0, 0.1) is 6.92 Å². The summed E-state index contributed by atoms with van der Waals surface area (Å²) in [6.07, 6.45) is 0. The summed E-state index contributed by atoms with van der Waals surface area (Å²) in [5.74, 6) is -0.0710. The molecule has 0 saturated carbocycles. The first-order chi connectivity index (χ1) is 8.69. The molecule has 1 aromatic carbocycles. The van der Waals surface area contributed by atoms with Gasteiger partial charge in [0.1, 0.15) is 6.61 Å². The Bertz CT molecular complexity index is 380. The summed E-state index contributed by atoms with van der Waals surface area (Å²) in [6.45, 7) is 6.69. The Morgan fingerprint density at radius 3 is 2.72 bits per heavy atom. The Labute approximate surface area is 109 Å². The molecule has 0 aliphatic carbocycles. The molecule has 0 aliphatic rings. The minimum atomic E-state index is -0.0710. The standard InChI is InChI=1S/C14H22N2O2/c1-4-16(10-9-15-14(17)11-18-3)13-8-6-5-7-12(13)2/h5-8H,4,9-11H2,1-3H3,(H,15,17). The quantitative estimate of drug-likeness (QED) is 0.799. The molecule has 4 nitrogen and oxygen atoms in total. The number of nitrogens with zero attached hydrogens (tertiary/aromatic N) is 1. The lowest BCUT2D eigenvalue weighted by Gasteiger charge is -2.25. The van der Waals surface area contributed by atoms with Crippen molar-refractivity contribution in [1.82, 2.24) is 5.32 Å². The van der Waals surface area contributed by atoms with E-state index in [1.165, 1.54) is 18.4 Å². The molecule has 1 aromatic rings. The van der Waals surface area contributed by atoms with Gasteiger partial charge < -0.3 is 15.0 Å². The second-order valence-electron chi connectivity index (χ2n) is 4.15. The Hall–Kier alpha value is -1.55. The molecular formula is C14H22N2O2. The predicted octanol–water partition coefficient (Wildman–Crippen LogP) is 1.58. The van der Waals surface area contributed by atoms with E-state index in [1.54, 1.807) is 0 Å². The number of carbonyl (C=O) groups is 1. The van der Waals surface area contributed by atoms with Crippen LogP contribution in [0.4, 0.5) is 5.69 Å². The van der Waals surface area contributed by atoms with E-state index >= 15 is 0 Å². The van der Waals surface area contributed by atoms with E-state index in [2.05, 4.69) is 36.2 Å². The maximum atomic E-state index is 11.3. The van der Waals surface area contributed by atoms with Crippen molar-refractivity contribution in [2.75, 3.05) is 38.3 Å². The van der Waals surface area contributed by atoms with Crippen LogP contribution in [0.3, 0.4) is 0 Å². The molecule has 0 fully saturated rings. The predicted molar refractivity (Wildman–Crippen MR) is 74.0 cm³/mol. The number of hydrogen-bond acceptors (Lipinski definition) is 3. The maximum Gasteiger partial charge on any atom is 0.246 e. The maximum absolute atomic E-state index is 11.3. The molecule has 0 radical (unpaired) electrons. The number of rotatable bonds is 7. The Morgan fingerprint density at radius 2 is 2.11 bits per heavy atom. The van der Waals surface area contributed by atoms with Crippen molar-refractivity contribution in [2.24, 2.45) is 0 Å². The molecule has 4 heteroatoms. The van der Waals surface area contributed by atoms with Crippen molar-refractivity contribution in [3.63, 3.8) is 0 Å². The topological polar surface area (TPSA) is 41.6 Å². The number of carbonyl (C=O) groups excluding carboxylic acids is 1. The summed E-state index contributed by atoms with van der Waals surface area (Å²) >= 11 is 0. The third-order valence-corrected chi connectivity index (χ3v) is 2.82. The summed E-state index contributed by atoms with van der Waals surface area (Å²) in [4.78, 5) is 13.5. The fourth-order valence-corrected chi connectivity index (χ4v) is 1.88. The van der Waals surface area contributed by atoms with Gasteiger partial charge in [0.15, 0.2) is 0 Å². The number of benzene rings is 1. The molecule has 1 rings (SSSR count). The van der Waals surface area contributed by atoms with Gasteiger partial charge in [0.2, 0.25) is 5.91 Å². The number of amides is 1. The van der Waals surface area contributed by atoms with Gasteiger partial charge in [-0.05, 0) is 25.5 Å². The molecule has 0 bridgehead atoms. The molecule has 0 unspecified atom stereocenters. The van der Waals surface area contributed by atoms with Gasteiger partial charge in [-0.1, -0.05) is 18.2 Å². The molecule has 0 aromatic heterocycles. The van der Waals surface area contributed by atoms with Crippen molar-refractivity contribution < 1.29 is 9.53 Å². The summed E-state index contributed by atoms with van der Waals surface area (Å²) in [5.41, 5.74) is 2.48. The van der Waals surface area contributed by atoms with E-state index in [4.69, 9.17) is 4.74 Å². The number of anilines is 1. The summed E-state index contributed by atoms with van der Waals surface area (Å²) in [5, 5.41) is 2.83. The summed E-state index contributed by atoms with van der Waals surface area (Å²) in [6, 6.07) is 8.28. The molecule has 18 heavy (non-hydrogen) atoms. The fourth-order valence-electron chi connectivity index (χ4n) is 1.88. The number of likely N-dealkylation sites (N-methyl/N-ethyl adjacent to an activating group) is 1. The summed E-state index contributed by atoms with van der Waals surface area (Å²) in [7, 11) is 1.52. The normalized spacial score (nSPS) is 10.2. The summed E-state index contributed by atoms with van der Waals surface area (Å²) < 4.78 is 4.77. The van der Waals surface area contributed by atoms with E-state index in [0.717, 1.165) is 13.1 Å². The first-order valence-corrected chi connectivity index (χ1v) is 6.25. The molecule has 0 heterocycles. The SMILES string of the molecule is CCN(CCNC(=O)COC)c1ccccc1C. The third kappa shape index (κ3) is 4.37. The highest BCUT2D eigenvalue weighted by molar-refractivity contribution is 5.77. The zero-order valence-electron chi connectivity index (χ0n) is 11.4. The van der Waals surface area contributed by atoms with Crippen LogP contribution in [-0.2, 0) is 9.53 Å². The largest absolute Gasteiger partial charge is 0.375 e. The van der Waals surface area contributed by atoms with Crippen molar-refractivity contribution in [2.45, 2.75) is 13.8 Å². The van der Waals surface area contributed by atoms with Gasteiger partial charge in [-0.15, -0.1) is 0 Å². The minimum absolute atomic E-state index is 0.0710. The van der Waals surface area contributed by atoms with Crippen LogP contribution in [-0.4, -0.2) is 39.3 Å². The fraction of sp³-hybridized carbons (Fsp3) is 0.500. The highest BCUT2D eigenvalue weighted by atomic mass is 16.5. The van der Waals surface area contributed by atoms with E-state index in [-0.39, 0.29) is 12.5 Å². The van der Waals surface area contributed by atoms with Crippen LogP contribution in [0.2, 0.25) is 0 Å². The van der Waals surface area contributed by atoms with E-state index < -0.39 is 0 Å². The minimum Gasteiger partial charge on any atom is -0.375 e. The number of aryl methyl sites for hydroxylation is 1. The highest BCUT2D eigenvalue weighted by Gasteiger charge is 2.07. The Morgan fingerprint density at radius 1 is 1.39 bits per heavy atom. The Kier molecular flexibility index (Phi) is 6.22. The van der Waals surface area contributed by atoms with Crippen LogP contribution in [0.15, 0.2) is 24.3 Å². The van der Waals surface area contributed by atoms with E-state index in [9.17, 15) is 4.79 Å². The lowest BCUT2D eigenvalue weighted by atomic mass is 10.2. The van der Waals surface area contributed by atoms with Crippen LogP contribution < -0.4 is 10.2 Å². The van der Waals surface area contributed by atoms with Crippen LogP contribution >= 0.6 is 0 Å². The Balaban J connectivity index is 2.48. The number of para-hydroxylation sites is 1. The van der Waals surface area contributed by atoms with Gasteiger partial charge in [0.05, 0.1) is 0 Å². The van der Waals surface area contributed by atoms with Crippen molar-refractivity contribution in [1.29, 1.82) is 0 Å².